The van der Waals surface area contributed by atoms with Crippen molar-refractivity contribution >= 4 is 17.7 Å². The number of carboxylic acid groups (broad SMARTS) is 1. The Hall–Kier alpha value is -2.04. The zero-order chi connectivity index (χ0) is 10.6. The van der Waals surface area contributed by atoms with Gasteiger partial charge >= 0.3 is 12.1 Å². The first-order chi connectivity index (χ1) is 6.63. The van der Waals surface area contributed by atoms with Gasteiger partial charge in [0.2, 0.25) is 0 Å². The van der Waals surface area contributed by atoms with Gasteiger partial charge in [-0.3, -0.25) is 5.32 Å². The molecule has 0 aliphatic rings. The minimum atomic E-state index is -1.04. The second-order valence-corrected chi connectivity index (χ2v) is 2.50. The lowest BCUT2D eigenvalue weighted by atomic mass is 10.2. The SMILES string of the molecule is COC(=O)Nc1cccc(C(=O)O)c1. The van der Waals surface area contributed by atoms with Crippen molar-refractivity contribution in [2.24, 2.45) is 0 Å². The summed E-state index contributed by atoms with van der Waals surface area (Å²) in [6.45, 7) is 0. The van der Waals surface area contributed by atoms with Crippen LogP contribution in [0.5, 0.6) is 0 Å². The van der Waals surface area contributed by atoms with E-state index in [0.29, 0.717) is 5.69 Å². The summed E-state index contributed by atoms with van der Waals surface area (Å²) < 4.78 is 4.36. The molecule has 5 heteroatoms. The molecule has 5 nitrogen and oxygen atoms in total. The lowest BCUT2D eigenvalue weighted by molar-refractivity contribution is 0.0697. The maximum atomic E-state index is 10.8. The number of hydrogen-bond acceptors (Lipinski definition) is 3. The average Bonchev–Trinajstić information content (AvgIpc) is 2.18. The molecule has 1 rings (SSSR count). The molecule has 2 N–H and O–H groups in total. The topological polar surface area (TPSA) is 75.6 Å². The normalized spacial score (nSPS) is 9.21. The zero-order valence-electron chi connectivity index (χ0n) is 7.48. The largest absolute Gasteiger partial charge is 0.478 e. The molecule has 74 valence electrons. The van der Waals surface area contributed by atoms with E-state index in [-0.39, 0.29) is 5.56 Å². The summed E-state index contributed by atoms with van der Waals surface area (Å²) in [7, 11) is 1.23. The van der Waals surface area contributed by atoms with E-state index < -0.39 is 12.1 Å². The van der Waals surface area contributed by atoms with Gasteiger partial charge in [-0.05, 0) is 18.2 Å². The Bertz CT molecular complexity index is 362. The lowest BCUT2D eigenvalue weighted by Gasteiger charge is -2.03. The van der Waals surface area contributed by atoms with E-state index in [2.05, 4.69) is 10.1 Å². The van der Waals surface area contributed by atoms with Crippen LogP contribution in [0.1, 0.15) is 10.4 Å². The average molecular weight is 195 g/mol. The fourth-order valence-corrected chi connectivity index (χ4v) is 0.899. The molecule has 0 unspecified atom stereocenters. The van der Waals surface area contributed by atoms with E-state index in [1.807, 2.05) is 0 Å². The minimum absolute atomic E-state index is 0.110. The van der Waals surface area contributed by atoms with Crippen molar-refractivity contribution in [1.82, 2.24) is 0 Å². The molecule has 0 bridgehead atoms. The number of carbonyl (C=O) groups is 2. The highest BCUT2D eigenvalue weighted by Gasteiger charge is 2.05. The molecule has 14 heavy (non-hydrogen) atoms. The number of benzene rings is 1. The molecule has 0 aliphatic heterocycles. The van der Waals surface area contributed by atoms with Crippen LogP contribution in [0.15, 0.2) is 24.3 Å². The molecule has 0 saturated heterocycles. The molecule has 0 aromatic heterocycles. The number of nitrogens with one attached hydrogen (secondary N) is 1. The molecule has 0 heterocycles. The number of methoxy groups -OCH3 is 1. The van der Waals surface area contributed by atoms with E-state index in [1.165, 1.54) is 25.3 Å². The highest BCUT2D eigenvalue weighted by atomic mass is 16.5. The van der Waals surface area contributed by atoms with Crippen LogP contribution in [0, 0.1) is 0 Å². The van der Waals surface area contributed by atoms with Crippen molar-refractivity contribution in [2.75, 3.05) is 12.4 Å². The Morgan fingerprint density at radius 1 is 1.43 bits per heavy atom. The van der Waals surface area contributed by atoms with E-state index in [1.54, 1.807) is 6.07 Å². The van der Waals surface area contributed by atoms with Crippen LogP contribution in [0.4, 0.5) is 10.5 Å². The monoisotopic (exact) mass is 195 g/mol. The summed E-state index contributed by atoms with van der Waals surface area (Å²) in [6.07, 6.45) is -0.632. The molecule has 0 spiro atoms. The number of carboxylic acids is 1. The highest BCUT2D eigenvalue weighted by molar-refractivity contribution is 5.91. The summed E-state index contributed by atoms with van der Waals surface area (Å²) >= 11 is 0. The van der Waals surface area contributed by atoms with Crippen LogP contribution in [0.2, 0.25) is 0 Å². The van der Waals surface area contributed by atoms with Crippen molar-refractivity contribution in [2.45, 2.75) is 0 Å². The molecule has 1 amide bonds. The first-order valence-corrected chi connectivity index (χ1v) is 3.82. The van der Waals surface area contributed by atoms with Gasteiger partial charge in [-0.15, -0.1) is 0 Å². The Labute approximate surface area is 80.3 Å². The van der Waals surface area contributed by atoms with E-state index in [4.69, 9.17) is 5.11 Å². The van der Waals surface area contributed by atoms with Crippen LogP contribution in [0.25, 0.3) is 0 Å². The van der Waals surface area contributed by atoms with Gasteiger partial charge in [0.25, 0.3) is 0 Å². The van der Waals surface area contributed by atoms with Gasteiger partial charge < -0.3 is 9.84 Å². The standard InChI is InChI=1S/C9H9NO4/c1-14-9(13)10-7-4-2-3-6(5-7)8(11)12/h2-5H,1H3,(H,10,13)(H,11,12). The molecule has 0 radical (unpaired) electrons. The van der Waals surface area contributed by atoms with Crippen LogP contribution >= 0.6 is 0 Å². The van der Waals surface area contributed by atoms with Gasteiger partial charge in [-0.2, -0.15) is 0 Å². The second-order valence-electron chi connectivity index (χ2n) is 2.50. The third kappa shape index (κ3) is 2.48. The predicted molar refractivity (Wildman–Crippen MR) is 49.4 cm³/mol. The number of carbonyl (C=O) groups excluding carboxylic acids is 1. The van der Waals surface area contributed by atoms with Crippen molar-refractivity contribution < 1.29 is 19.4 Å². The Kier molecular flexibility index (Phi) is 3.06. The molecular formula is C9H9NO4. The second kappa shape index (κ2) is 4.27. The van der Waals surface area contributed by atoms with Crippen LogP contribution in [-0.2, 0) is 4.74 Å². The zero-order valence-corrected chi connectivity index (χ0v) is 7.48. The first kappa shape index (κ1) is 10.0. The number of amides is 1. The van der Waals surface area contributed by atoms with Gasteiger partial charge in [0.15, 0.2) is 0 Å². The fourth-order valence-electron chi connectivity index (χ4n) is 0.899. The minimum Gasteiger partial charge on any atom is -0.478 e. The van der Waals surface area contributed by atoms with Crippen molar-refractivity contribution in [1.29, 1.82) is 0 Å². The molecular weight excluding hydrogens is 186 g/mol. The highest BCUT2D eigenvalue weighted by Crippen LogP contribution is 2.10. The first-order valence-electron chi connectivity index (χ1n) is 3.82. The third-order valence-corrected chi connectivity index (χ3v) is 1.54. The maximum Gasteiger partial charge on any atom is 0.411 e. The van der Waals surface area contributed by atoms with Crippen LogP contribution in [0.3, 0.4) is 0 Å². The molecule has 0 fully saturated rings. The molecule has 0 aliphatic carbocycles. The molecule has 1 aromatic carbocycles. The smallest absolute Gasteiger partial charge is 0.411 e. The molecule has 0 atom stereocenters. The van der Waals surface area contributed by atoms with Crippen molar-refractivity contribution in [3.05, 3.63) is 29.8 Å². The Morgan fingerprint density at radius 3 is 2.71 bits per heavy atom. The summed E-state index contributed by atoms with van der Waals surface area (Å²) in [5.41, 5.74) is 0.496. The Balaban J connectivity index is 2.83. The quantitative estimate of drug-likeness (QED) is 0.750. The van der Waals surface area contributed by atoms with Gasteiger partial charge in [0, 0.05) is 5.69 Å². The summed E-state index contributed by atoms with van der Waals surface area (Å²) in [6, 6.07) is 5.89. The lowest BCUT2D eigenvalue weighted by Crippen LogP contribution is -2.11. The van der Waals surface area contributed by atoms with Crippen molar-refractivity contribution in [3.8, 4) is 0 Å². The van der Waals surface area contributed by atoms with Crippen LogP contribution < -0.4 is 5.32 Å². The molecule has 1 aromatic rings. The number of hydrogen-bond donors (Lipinski definition) is 2. The van der Waals surface area contributed by atoms with Crippen LogP contribution in [-0.4, -0.2) is 24.3 Å². The fraction of sp³-hybridized carbons (Fsp3) is 0.111. The summed E-state index contributed by atoms with van der Waals surface area (Å²) in [5.74, 6) is -1.04. The number of rotatable bonds is 2. The maximum absolute atomic E-state index is 10.8. The van der Waals surface area contributed by atoms with Gasteiger partial charge in [0.05, 0.1) is 12.7 Å². The third-order valence-electron chi connectivity index (χ3n) is 1.54. The summed E-state index contributed by atoms with van der Waals surface area (Å²) in [4.78, 5) is 21.3. The number of ether oxygens (including phenoxy) is 1. The number of anilines is 1. The van der Waals surface area contributed by atoms with Gasteiger partial charge in [0.1, 0.15) is 0 Å². The molecule has 0 saturated carbocycles. The van der Waals surface area contributed by atoms with Gasteiger partial charge in [-0.25, -0.2) is 9.59 Å². The van der Waals surface area contributed by atoms with E-state index in [9.17, 15) is 9.59 Å². The van der Waals surface area contributed by atoms with Crippen molar-refractivity contribution in [3.63, 3.8) is 0 Å². The van der Waals surface area contributed by atoms with E-state index >= 15 is 0 Å². The number of aromatic carboxylic acids is 1. The summed E-state index contributed by atoms with van der Waals surface area (Å²) in [5, 5.41) is 11.0. The van der Waals surface area contributed by atoms with E-state index in [0.717, 1.165) is 0 Å². The predicted octanol–water partition coefficient (Wildman–Crippen LogP) is 1.56. The Morgan fingerprint density at radius 2 is 2.14 bits per heavy atom. The van der Waals surface area contributed by atoms with Gasteiger partial charge in [-0.1, -0.05) is 6.07 Å².